The molecule has 8 heteroatoms. The minimum Gasteiger partial charge on any atom is -0.383 e. The molecule has 1 aliphatic heterocycles. The molecule has 0 bridgehead atoms. The van der Waals surface area contributed by atoms with Gasteiger partial charge >= 0.3 is 0 Å². The smallest absolute Gasteiger partial charge is 0.240 e. The van der Waals surface area contributed by atoms with Crippen LogP contribution in [0.4, 0.5) is 5.82 Å². The lowest BCUT2D eigenvalue weighted by molar-refractivity contribution is -0.142. The Kier molecular flexibility index (Phi) is 7.27. The zero-order valence-corrected chi connectivity index (χ0v) is 21.0. The third-order valence-electron chi connectivity index (χ3n) is 6.57. The SMILES string of the molecule is Nc1ncnc2cc(CN3CCN(CCCc4ccc(Cl)s4)[C@@H](Cc4ccccc4)C3=O)ccc12. The van der Waals surface area contributed by atoms with Crippen LogP contribution in [0.5, 0.6) is 0 Å². The molecule has 1 amide bonds. The van der Waals surface area contributed by atoms with Gasteiger partial charge in [0.1, 0.15) is 12.1 Å². The largest absolute Gasteiger partial charge is 0.383 e. The van der Waals surface area contributed by atoms with Gasteiger partial charge in [-0.3, -0.25) is 9.69 Å². The van der Waals surface area contributed by atoms with Gasteiger partial charge in [0.25, 0.3) is 0 Å². The second-order valence-corrected chi connectivity index (χ2v) is 10.7. The summed E-state index contributed by atoms with van der Waals surface area (Å²) in [6.07, 6.45) is 4.17. The van der Waals surface area contributed by atoms with Crippen LogP contribution in [0.25, 0.3) is 10.9 Å². The lowest BCUT2D eigenvalue weighted by Gasteiger charge is -2.41. The van der Waals surface area contributed by atoms with E-state index in [1.165, 1.54) is 16.8 Å². The first-order chi connectivity index (χ1) is 17.1. The Morgan fingerprint density at radius 2 is 1.89 bits per heavy atom. The number of nitrogen functional groups attached to an aromatic ring is 1. The van der Waals surface area contributed by atoms with Crippen molar-refractivity contribution in [1.82, 2.24) is 19.8 Å². The van der Waals surface area contributed by atoms with Gasteiger partial charge in [-0.1, -0.05) is 48.0 Å². The zero-order chi connectivity index (χ0) is 24.2. The number of rotatable bonds is 8. The summed E-state index contributed by atoms with van der Waals surface area (Å²) in [5.74, 6) is 0.653. The van der Waals surface area contributed by atoms with Crippen LogP contribution in [-0.2, 0) is 24.2 Å². The Balaban J connectivity index is 1.30. The van der Waals surface area contributed by atoms with Crippen molar-refractivity contribution in [3.8, 4) is 0 Å². The molecule has 5 rings (SSSR count). The number of fused-ring (bicyclic) bond motifs is 1. The zero-order valence-electron chi connectivity index (χ0n) is 19.4. The second kappa shape index (κ2) is 10.7. The van der Waals surface area contributed by atoms with E-state index < -0.39 is 0 Å². The number of carbonyl (C=O) groups excluding carboxylic acids is 1. The summed E-state index contributed by atoms with van der Waals surface area (Å²) < 4.78 is 0.827. The number of nitrogens with zero attached hydrogens (tertiary/aromatic N) is 4. The average molecular weight is 506 g/mol. The van der Waals surface area contributed by atoms with Crippen molar-refractivity contribution in [2.24, 2.45) is 0 Å². The summed E-state index contributed by atoms with van der Waals surface area (Å²) >= 11 is 7.72. The van der Waals surface area contributed by atoms with E-state index in [9.17, 15) is 4.79 Å². The van der Waals surface area contributed by atoms with Crippen molar-refractivity contribution in [3.63, 3.8) is 0 Å². The Hall–Kier alpha value is -3.00. The summed E-state index contributed by atoms with van der Waals surface area (Å²) in [5.41, 5.74) is 9.00. The van der Waals surface area contributed by atoms with Gasteiger partial charge in [-0.05, 0) is 61.2 Å². The first-order valence-electron chi connectivity index (χ1n) is 11.9. The summed E-state index contributed by atoms with van der Waals surface area (Å²) in [6.45, 7) is 3.01. The lowest BCUT2D eigenvalue weighted by atomic mass is 10.00. The van der Waals surface area contributed by atoms with Crippen molar-refractivity contribution < 1.29 is 4.79 Å². The first-order valence-corrected chi connectivity index (χ1v) is 13.1. The molecule has 0 unspecified atom stereocenters. The summed E-state index contributed by atoms with van der Waals surface area (Å²) in [5, 5.41) is 0.835. The Morgan fingerprint density at radius 1 is 1.03 bits per heavy atom. The highest BCUT2D eigenvalue weighted by Gasteiger charge is 2.34. The van der Waals surface area contributed by atoms with E-state index in [2.05, 4.69) is 33.1 Å². The van der Waals surface area contributed by atoms with Gasteiger partial charge in [0.05, 0.1) is 15.9 Å². The van der Waals surface area contributed by atoms with Gasteiger partial charge in [0.2, 0.25) is 5.91 Å². The number of aryl methyl sites for hydroxylation is 1. The maximum atomic E-state index is 13.7. The van der Waals surface area contributed by atoms with Crippen molar-refractivity contribution in [1.29, 1.82) is 0 Å². The van der Waals surface area contributed by atoms with Crippen molar-refractivity contribution in [2.75, 3.05) is 25.4 Å². The maximum absolute atomic E-state index is 13.7. The number of amides is 1. The van der Waals surface area contributed by atoms with E-state index in [0.717, 1.165) is 46.7 Å². The second-order valence-electron chi connectivity index (χ2n) is 8.92. The minimum atomic E-state index is -0.170. The van der Waals surface area contributed by atoms with E-state index in [-0.39, 0.29) is 11.9 Å². The molecule has 6 nitrogen and oxygen atoms in total. The number of halogens is 1. The highest BCUT2D eigenvalue weighted by atomic mass is 35.5. The number of anilines is 1. The van der Waals surface area contributed by atoms with Crippen LogP contribution in [0.2, 0.25) is 4.34 Å². The van der Waals surface area contributed by atoms with Crippen LogP contribution in [0.3, 0.4) is 0 Å². The molecule has 4 aromatic rings. The third-order valence-corrected chi connectivity index (χ3v) is 7.86. The van der Waals surface area contributed by atoms with Crippen LogP contribution in [-0.4, -0.2) is 51.4 Å². The molecule has 1 saturated heterocycles. The van der Waals surface area contributed by atoms with Crippen LogP contribution in [0.1, 0.15) is 22.4 Å². The summed E-state index contributed by atoms with van der Waals surface area (Å²) in [4.78, 5) is 27.8. The summed E-state index contributed by atoms with van der Waals surface area (Å²) in [6, 6.07) is 20.1. The number of piperazine rings is 1. The van der Waals surface area contributed by atoms with E-state index >= 15 is 0 Å². The van der Waals surface area contributed by atoms with Gasteiger partial charge in [-0.2, -0.15) is 0 Å². The number of carbonyl (C=O) groups is 1. The van der Waals surface area contributed by atoms with Crippen molar-refractivity contribution in [3.05, 3.63) is 87.3 Å². The van der Waals surface area contributed by atoms with Gasteiger partial charge in [0, 0.05) is 29.9 Å². The predicted molar refractivity (Wildman–Crippen MR) is 143 cm³/mol. The molecular weight excluding hydrogens is 478 g/mol. The molecule has 1 aliphatic rings. The molecule has 2 aromatic carbocycles. The fourth-order valence-corrected chi connectivity index (χ4v) is 5.87. The molecule has 1 atom stereocenters. The highest BCUT2D eigenvalue weighted by Crippen LogP contribution is 2.24. The maximum Gasteiger partial charge on any atom is 0.240 e. The highest BCUT2D eigenvalue weighted by molar-refractivity contribution is 7.16. The molecule has 0 spiro atoms. The molecular formula is C27H28ClN5OS. The quantitative estimate of drug-likeness (QED) is 0.372. The summed E-state index contributed by atoms with van der Waals surface area (Å²) in [7, 11) is 0. The van der Waals surface area contributed by atoms with Gasteiger partial charge < -0.3 is 10.6 Å². The van der Waals surface area contributed by atoms with E-state index in [0.29, 0.717) is 25.3 Å². The van der Waals surface area contributed by atoms with Gasteiger partial charge in [0.15, 0.2) is 0 Å². The Labute approximate surface area is 214 Å². The molecule has 3 heterocycles. The predicted octanol–water partition coefficient (Wildman–Crippen LogP) is 4.82. The molecule has 0 aliphatic carbocycles. The molecule has 35 heavy (non-hydrogen) atoms. The van der Waals surface area contributed by atoms with Crippen LogP contribution >= 0.6 is 22.9 Å². The first kappa shape index (κ1) is 23.7. The molecule has 0 saturated carbocycles. The molecule has 2 N–H and O–H groups in total. The molecule has 1 fully saturated rings. The lowest BCUT2D eigenvalue weighted by Crippen LogP contribution is -2.57. The normalized spacial score (nSPS) is 16.8. The third kappa shape index (κ3) is 5.64. The monoisotopic (exact) mass is 505 g/mol. The van der Waals surface area contributed by atoms with Gasteiger partial charge in [-0.15, -0.1) is 11.3 Å². The standard InChI is InChI=1S/C27H28ClN5OS/c28-25-11-9-21(35-25)7-4-12-32-13-14-33(27(34)24(32)16-19-5-2-1-3-6-19)17-20-8-10-22-23(15-20)30-18-31-26(22)29/h1-3,5-6,8-11,15,18,24H,4,7,12-14,16-17H2,(H2,29,30,31)/t24-/m0/s1. The Bertz CT molecular complexity index is 1310. The van der Waals surface area contributed by atoms with E-state index in [1.807, 2.05) is 47.4 Å². The fraction of sp³-hybridized carbons (Fsp3) is 0.296. The fourth-order valence-electron chi connectivity index (χ4n) is 4.75. The number of aromatic nitrogens is 2. The van der Waals surface area contributed by atoms with Crippen molar-refractivity contribution in [2.45, 2.75) is 31.8 Å². The minimum absolute atomic E-state index is 0.170. The average Bonchev–Trinajstić information content (AvgIpc) is 3.28. The van der Waals surface area contributed by atoms with Crippen molar-refractivity contribution >= 4 is 45.6 Å². The number of hydrogen-bond donors (Lipinski definition) is 1. The Morgan fingerprint density at radius 3 is 2.69 bits per heavy atom. The number of nitrogens with two attached hydrogens (primary N) is 1. The van der Waals surface area contributed by atoms with E-state index in [1.54, 1.807) is 11.3 Å². The van der Waals surface area contributed by atoms with Crippen LogP contribution in [0, 0.1) is 0 Å². The van der Waals surface area contributed by atoms with E-state index in [4.69, 9.17) is 17.3 Å². The number of hydrogen-bond acceptors (Lipinski definition) is 6. The molecule has 180 valence electrons. The van der Waals surface area contributed by atoms with Gasteiger partial charge in [-0.25, -0.2) is 9.97 Å². The topological polar surface area (TPSA) is 75.3 Å². The number of benzene rings is 2. The number of thiophene rings is 1. The molecule has 0 radical (unpaired) electrons. The molecule has 2 aromatic heterocycles. The van der Waals surface area contributed by atoms with Crippen LogP contribution < -0.4 is 5.73 Å². The van der Waals surface area contributed by atoms with Crippen LogP contribution in [0.15, 0.2) is 67.0 Å².